The predicted octanol–water partition coefficient (Wildman–Crippen LogP) is 5.23. The first kappa shape index (κ1) is 18.4. The van der Waals surface area contributed by atoms with Gasteiger partial charge in [0.15, 0.2) is 5.17 Å². The lowest BCUT2D eigenvalue weighted by Gasteiger charge is -2.05. The van der Waals surface area contributed by atoms with Gasteiger partial charge in [0, 0.05) is 9.37 Å². The van der Waals surface area contributed by atoms with E-state index in [9.17, 15) is 13.6 Å². The van der Waals surface area contributed by atoms with E-state index >= 15 is 0 Å². The number of aliphatic imine (C=N–C) groups is 1. The van der Waals surface area contributed by atoms with E-state index in [2.05, 4.69) is 26.2 Å². The summed E-state index contributed by atoms with van der Waals surface area (Å²) in [7, 11) is 0. The molecule has 0 bridgehead atoms. The monoisotopic (exact) mass is 442 g/mol. The molecular formula is C17H13BrF2N2OS2. The Labute approximate surface area is 160 Å². The fourth-order valence-electron chi connectivity index (χ4n) is 2.25. The molecule has 0 radical (unpaired) electrons. The number of hydrogen-bond acceptors (Lipinski definition) is 4. The van der Waals surface area contributed by atoms with Gasteiger partial charge in [-0.25, -0.2) is 4.99 Å². The van der Waals surface area contributed by atoms with Crippen LogP contribution in [-0.2, 0) is 11.2 Å². The smallest absolute Gasteiger partial charge is 0.288 e. The molecule has 0 aromatic heterocycles. The third-order valence-electron chi connectivity index (χ3n) is 3.40. The Balaban J connectivity index is 1.65. The van der Waals surface area contributed by atoms with Gasteiger partial charge < -0.3 is 5.32 Å². The van der Waals surface area contributed by atoms with Crippen LogP contribution >= 0.6 is 39.5 Å². The van der Waals surface area contributed by atoms with E-state index in [1.165, 1.54) is 11.8 Å². The first-order valence-electron chi connectivity index (χ1n) is 7.35. The molecule has 130 valence electrons. The summed E-state index contributed by atoms with van der Waals surface area (Å²) in [5.74, 6) is -2.52. The number of amides is 1. The van der Waals surface area contributed by atoms with Gasteiger partial charge in [-0.05, 0) is 48.4 Å². The zero-order chi connectivity index (χ0) is 17.8. The largest absolute Gasteiger partial charge is 0.304 e. The van der Waals surface area contributed by atoms with Gasteiger partial charge in [-0.2, -0.15) is 8.78 Å². The van der Waals surface area contributed by atoms with Gasteiger partial charge in [-0.1, -0.05) is 51.6 Å². The van der Waals surface area contributed by atoms with Gasteiger partial charge in [0.2, 0.25) is 5.91 Å². The lowest BCUT2D eigenvalue weighted by atomic mass is 10.1. The number of benzene rings is 2. The molecular weight excluding hydrogens is 430 g/mol. The van der Waals surface area contributed by atoms with E-state index in [0.29, 0.717) is 33.9 Å². The number of halogens is 3. The van der Waals surface area contributed by atoms with E-state index in [-0.39, 0.29) is 11.2 Å². The van der Waals surface area contributed by atoms with Crippen LogP contribution in [0.4, 0.5) is 14.5 Å². The van der Waals surface area contributed by atoms with Crippen LogP contribution in [0.3, 0.4) is 0 Å². The van der Waals surface area contributed by atoms with Gasteiger partial charge in [0.25, 0.3) is 5.76 Å². The Morgan fingerprint density at radius 2 is 1.84 bits per heavy atom. The van der Waals surface area contributed by atoms with Crippen LogP contribution < -0.4 is 5.32 Å². The van der Waals surface area contributed by atoms with Crippen molar-refractivity contribution < 1.29 is 13.6 Å². The first-order chi connectivity index (χ1) is 12.0. The maximum Gasteiger partial charge on any atom is 0.288 e. The van der Waals surface area contributed by atoms with Crippen molar-refractivity contribution in [3.05, 3.63) is 58.6 Å². The Bertz CT molecular complexity index is 782. The zero-order valence-corrected chi connectivity index (χ0v) is 16.0. The zero-order valence-electron chi connectivity index (χ0n) is 12.8. The molecule has 0 saturated carbocycles. The summed E-state index contributed by atoms with van der Waals surface area (Å²) in [6, 6.07) is 14.4. The quantitative estimate of drug-likeness (QED) is 0.644. The predicted molar refractivity (Wildman–Crippen MR) is 103 cm³/mol. The lowest BCUT2D eigenvalue weighted by Crippen LogP contribution is -2.25. The topological polar surface area (TPSA) is 41.5 Å². The van der Waals surface area contributed by atoms with Crippen molar-refractivity contribution in [2.24, 2.45) is 4.99 Å². The fourth-order valence-corrected chi connectivity index (χ4v) is 4.04. The molecule has 3 nitrogen and oxygen atoms in total. The molecule has 25 heavy (non-hydrogen) atoms. The van der Waals surface area contributed by atoms with Crippen LogP contribution in [0, 0.1) is 0 Å². The molecule has 1 N–H and O–H groups in total. The van der Waals surface area contributed by atoms with Gasteiger partial charge in [0.05, 0.1) is 10.9 Å². The molecule has 0 spiro atoms. The Morgan fingerprint density at radius 1 is 1.16 bits per heavy atom. The minimum atomic E-state index is -2.44. The van der Waals surface area contributed by atoms with Crippen molar-refractivity contribution in [2.45, 2.75) is 22.3 Å². The highest BCUT2D eigenvalue weighted by atomic mass is 79.9. The Morgan fingerprint density at radius 3 is 2.48 bits per heavy atom. The average Bonchev–Trinajstić information content (AvgIpc) is 2.90. The number of rotatable bonds is 5. The lowest BCUT2D eigenvalue weighted by molar-refractivity contribution is -0.118. The molecule has 1 fully saturated rings. The third-order valence-corrected chi connectivity index (χ3v) is 5.74. The maximum atomic E-state index is 12.3. The molecule has 1 unspecified atom stereocenters. The highest BCUT2D eigenvalue weighted by molar-refractivity contribution is 9.10. The Kier molecular flexibility index (Phi) is 6.14. The maximum absolute atomic E-state index is 12.3. The summed E-state index contributed by atoms with van der Waals surface area (Å²) < 4.78 is 25.6. The minimum Gasteiger partial charge on any atom is -0.304 e. The number of alkyl halides is 2. The second-order valence-electron chi connectivity index (χ2n) is 5.22. The number of hydrogen-bond donors (Lipinski definition) is 1. The van der Waals surface area contributed by atoms with Gasteiger partial charge >= 0.3 is 0 Å². The number of amidine groups is 1. The van der Waals surface area contributed by atoms with Crippen molar-refractivity contribution in [1.29, 1.82) is 0 Å². The number of nitrogens with zero attached hydrogens (tertiary/aromatic N) is 1. The van der Waals surface area contributed by atoms with E-state index in [1.54, 1.807) is 24.3 Å². The third kappa shape index (κ3) is 5.29. The molecule has 1 aliphatic heterocycles. The second kappa shape index (κ2) is 8.33. The van der Waals surface area contributed by atoms with Crippen LogP contribution in [0.1, 0.15) is 5.56 Å². The van der Waals surface area contributed by atoms with Crippen LogP contribution in [0.25, 0.3) is 0 Å². The summed E-state index contributed by atoms with van der Waals surface area (Å²) >= 11 is 5.26. The SMILES string of the molecule is O=C1NC(=Nc2ccc(SC(F)F)cc2)SC1Cc1ccc(Br)cc1. The highest BCUT2D eigenvalue weighted by Crippen LogP contribution is 2.29. The Hall–Kier alpha value is -1.38. The number of carbonyl (C=O) groups excluding carboxylic acids is 1. The summed E-state index contributed by atoms with van der Waals surface area (Å²) in [5.41, 5.74) is 1.69. The van der Waals surface area contributed by atoms with Crippen LogP contribution in [0.2, 0.25) is 0 Å². The van der Waals surface area contributed by atoms with Crippen molar-refractivity contribution in [1.82, 2.24) is 5.32 Å². The molecule has 1 aliphatic rings. The highest BCUT2D eigenvalue weighted by Gasteiger charge is 2.30. The summed E-state index contributed by atoms with van der Waals surface area (Å²) in [4.78, 5) is 17.0. The minimum absolute atomic E-state index is 0.0726. The van der Waals surface area contributed by atoms with Crippen molar-refractivity contribution in [2.75, 3.05) is 0 Å². The first-order valence-corrected chi connectivity index (χ1v) is 9.90. The molecule has 1 heterocycles. The average molecular weight is 443 g/mol. The molecule has 2 aromatic rings. The van der Waals surface area contributed by atoms with E-state index < -0.39 is 5.76 Å². The normalized spacial score (nSPS) is 18.8. The summed E-state index contributed by atoms with van der Waals surface area (Å²) in [5, 5.41) is 3.07. The molecule has 1 amide bonds. The van der Waals surface area contributed by atoms with Crippen LogP contribution in [0.5, 0.6) is 0 Å². The van der Waals surface area contributed by atoms with E-state index in [4.69, 9.17) is 0 Å². The van der Waals surface area contributed by atoms with E-state index in [0.717, 1.165) is 10.0 Å². The van der Waals surface area contributed by atoms with Crippen molar-refractivity contribution in [3.63, 3.8) is 0 Å². The van der Waals surface area contributed by atoms with Gasteiger partial charge in [-0.3, -0.25) is 4.79 Å². The van der Waals surface area contributed by atoms with Crippen LogP contribution in [-0.4, -0.2) is 22.1 Å². The number of nitrogens with one attached hydrogen (secondary N) is 1. The van der Waals surface area contributed by atoms with Gasteiger partial charge in [-0.15, -0.1) is 0 Å². The number of thioether (sulfide) groups is 2. The molecule has 2 aromatic carbocycles. The molecule has 8 heteroatoms. The fraction of sp³-hybridized carbons (Fsp3) is 0.176. The standard InChI is InChI=1S/C17H13BrF2N2OS2/c18-11-3-1-10(2-4-11)9-14-15(23)22-17(25-14)21-12-5-7-13(8-6-12)24-16(19)20/h1-8,14,16H,9H2,(H,21,22,23). The molecule has 1 atom stereocenters. The number of carbonyl (C=O) groups is 1. The van der Waals surface area contributed by atoms with Crippen LogP contribution in [0.15, 0.2) is 62.9 Å². The van der Waals surface area contributed by atoms with Crippen molar-refractivity contribution in [3.8, 4) is 0 Å². The molecule has 3 rings (SSSR count). The molecule has 0 aliphatic carbocycles. The summed E-state index contributed by atoms with van der Waals surface area (Å²) in [6.07, 6.45) is 0.618. The van der Waals surface area contributed by atoms with E-state index in [1.807, 2.05) is 24.3 Å². The second-order valence-corrected chi connectivity index (χ2v) is 8.39. The summed E-state index contributed by atoms with van der Waals surface area (Å²) in [6.45, 7) is 0. The molecule has 1 saturated heterocycles. The van der Waals surface area contributed by atoms with Gasteiger partial charge in [0.1, 0.15) is 0 Å². The van der Waals surface area contributed by atoms with Crippen molar-refractivity contribution >= 4 is 56.2 Å².